The Morgan fingerprint density at radius 3 is 2.38 bits per heavy atom. The average Bonchev–Trinajstić information content (AvgIpc) is 2.46. The molecule has 0 amide bonds. The molecule has 0 atom stereocenters. The molecule has 1 aromatic carbocycles. The van der Waals surface area contributed by atoms with Gasteiger partial charge in [0.15, 0.2) is 11.6 Å². The van der Waals surface area contributed by atoms with E-state index >= 15 is 0 Å². The first-order valence-electron chi connectivity index (χ1n) is 6.69. The topological polar surface area (TPSA) is 85.1 Å². The van der Waals surface area contributed by atoms with Crippen LogP contribution < -0.4 is 21.3 Å². The van der Waals surface area contributed by atoms with Crippen LogP contribution in [0.1, 0.15) is 26.3 Å². The SMILES string of the molecule is COc1c(NN)ncnc1Nc1ccccc1C(C)(C)C. The summed E-state index contributed by atoms with van der Waals surface area (Å²) in [7, 11) is 1.56. The van der Waals surface area contributed by atoms with Gasteiger partial charge in [-0.15, -0.1) is 0 Å². The first kappa shape index (κ1) is 15.1. The number of nitrogen functional groups attached to an aromatic ring is 1. The highest BCUT2D eigenvalue weighted by Crippen LogP contribution is 2.35. The van der Waals surface area contributed by atoms with Gasteiger partial charge in [0, 0.05) is 5.69 Å². The summed E-state index contributed by atoms with van der Waals surface area (Å²) in [5.74, 6) is 6.92. The lowest BCUT2D eigenvalue weighted by Gasteiger charge is -2.23. The number of rotatable bonds is 4. The number of hydrogen-bond acceptors (Lipinski definition) is 6. The van der Waals surface area contributed by atoms with Gasteiger partial charge in [0.2, 0.25) is 5.75 Å². The number of nitrogens with one attached hydrogen (secondary N) is 2. The standard InChI is InChI=1S/C15H21N5O/c1-15(2,3)10-7-5-6-8-11(10)19-13-12(21-4)14(20-16)18-9-17-13/h5-9H,16H2,1-4H3,(H2,17,18,19,20). The molecule has 0 saturated heterocycles. The van der Waals surface area contributed by atoms with E-state index in [-0.39, 0.29) is 5.41 Å². The molecule has 4 N–H and O–H groups in total. The van der Waals surface area contributed by atoms with Crippen LogP contribution in [0.3, 0.4) is 0 Å². The van der Waals surface area contributed by atoms with Crippen molar-refractivity contribution in [1.82, 2.24) is 9.97 Å². The van der Waals surface area contributed by atoms with Gasteiger partial charge in [0.25, 0.3) is 0 Å². The molecule has 0 unspecified atom stereocenters. The summed E-state index contributed by atoms with van der Waals surface area (Å²) in [5, 5.41) is 3.30. The molecule has 6 nitrogen and oxygen atoms in total. The quantitative estimate of drug-likeness (QED) is 0.592. The number of nitrogens with zero attached hydrogens (tertiary/aromatic N) is 2. The van der Waals surface area contributed by atoms with E-state index < -0.39 is 0 Å². The second-order valence-electron chi connectivity index (χ2n) is 5.67. The van der Waals surface area contributed by atoms with Crippen molar-refractivity contribution < 1.29 is 4.74 Å². The van der Waals surface area contributed by atoms with Gasteiger partial charge in [-0.2, -0.15) is 0 Å². The van der Waals surface area contributed by atoms with Crippen molar-refractivity contribution in [3.63, 3.8) is 0 Å². The fourth-order valence-corrected chi connectivity index (χ4v) is 2.13. The molecule has 0 radical (unpaired) electrons. The maximum absolute atomic E-state index is 5.44. The monoisotopic (exact) mass is 287 g/mol. The molecule has 112 valence electrons. The molecule has 21 heavy (non-hydrogen) atoms. The fraction of sp³-hybridized carbons (Fsp3) is 0.333. The van der Waals surface area contributed by atoms with E-state index in [0.717, 1.165) is 5.69 Å². The van der Waals surface area contributed by atoms with Crippen molar-refractivity contribution in [1.29, 1.82) is 0 Å². The largest absolute Gasteiger partial charge is 0.490 e. The molecule has 0 bridgehead atoms. The van der Waals surface area contributed by atoms with Crippen LogP contribution in [0.2, 0.25) is 0 Å². The Kier molecular flexibility index (Phi) is 4.28. The molecule has 0 fully saturated rings. The summed E-state index contributed by atoms with van der Waals surface area (Å²) in [4.78, 5) is 8.26. The Morgan fingerprint density at radius 2 is 1.76 bits per heavy atom. The Morgan fingerprint density at radius 1 is 1.10 bits per heavy atom. The average molecular weight is 287 g/mol. The third-order valence-electron chi connectivity index (χ3n) is 3.13. The Hall–Kier alpha value is -2.34. The molecule has 0 saturated carbocycles. The van der Waals surface area contributed by atoms with E-state index in [1.54, 1.807) is 7.11 Å². The fourth-order valence-electron chi connectivity index (χ4n) is 2.13. The van der Waals surface area contributed by atoms with Crippen molar-refractivity contribution in [3.8, 4) is 5.75 Å². The van der Waals surface area contributed by atoms with Crippen LogP contribution in [0.5, 0.6) is 5.75 Å². The van der Waals surface area contributed by atoms with Crippen LogP contribution in [0.4, 0.5) is 17.3 Å². The minimum absolute atomic E-state index is 0.0127. The number of methoxy groups -OCH3 is 1. The molecular formula is C15H21N5O. The minimum Gasteiger partial charge on any atom is -0.490 e. The zero-order valence-corrected chi connectivity index (χ0v) is 12.8. The van der Waals surface area contributed by atoms with Crippen LogP contribution in [0.15, 0.2) is 30.6 Å². The van der Waals surface area contributed by atoms with E-state index in [9.17, 15) is 0 Å². The number of benzene rings is 1. The summed E-state index contributed by atoms with van der Waals surface area (Å²) >= 11 is 0. The maximum Gasteiger partial charge on any atom is 0.205 e. The first-order valence-corrected chi connectivity index (χ1v) is 6.69. The number of hydrogen-bond donors (Lipinski definition) is 3. The van der Waals surface area contributed by atoms with E-state index in [4.69, 9.17) is 10.6 Å². The van der Waals surface area contributed by atoms with Crippen LogP contribution in [0, 0.1) is 0 Å². The zero-order valence-electron chi connectivity index (χ0n) is 12.8. The number of hydrazine groups is 1. The van der Waals surface area contributed by atoms with Gasteiger partial charge in [0.1, 0.15) is 6.33 Å². The summed E-state index contributed by atoms with van der Waals surface area (Å²) in [6.07, 6.45) is 1.43. The number of nitrogens with two attached hydrogens (primary N) is 1. The van der Waals surface area contributed by atoms with Gasteiger partial charge in [0.05, 0.1) is 7.11 Å². The van der Waals surface area contributed by atoms with Crippen molar-refractivity contribution in [3.05, 3.63) is 36.2 Å². The second kappa shape index (κ2) is 5.97. The molecule has 1 heterocycles. The molecule has 0 spiro atoms. The molecule has 0 aliphatic rings. The number of anilines is 3. The van der Waals surface area contributed by atoms with Gasteiger partial charge in [-0.1, -0.05) is 39.0 Å². The van der Waals surface area contributed by atoms with Crippen LogP contribution >= 0.6 is 0 Å². The highest BCUT2D eigenvalue weighted by molar-refractivity contribution is 5.71. The third kappa shape index (κ3) is 3.22. The lowest BCUT2D eigenvalue weighted by molar-refractivity contribution is 0.415. The third-order valence-corrected chi connectivity index (χ3v) is 3.13. The van der Waals surface area contributed by atoms with Crippen molar-refractivity contribution >= 4 is 17.3 Å². The van der Waals surface area contributed by atoms with Gasteiger partial charge in [-0.25, -0.2) is 15.8 Å². The molecule has 0 aliphatic heterocycles. The van der Waals surface area contributed by atoms with Crippen molar-refractivity contribution in [2.45, 2.75) is 26.2 Å². The summed E-state index contributed by atoms with van der Waals surface area (Å²) in [6.45, 7) is 6.49. The van der Waals surface area contributed by atoms with Gasteiger partial charge in [-0.05, 0) is 17.0 Å². The Balaban J connectivity index is 2.44. The number of ether oxygens (including phenoxy) is 1. The van der Waals surface area contributed by atoms with Crippen molar-refractivity contribution in [2.24, 2.45) is 5.84 Å². The second-order valence-corrected chi connectivity index (χ2v) is 5.67. The summed E-state index contributed by atoms with van der Waals surface area (Å²) in [6, 6.07) is 8.11. The Labute approximate surface area is 124 Å². The normalized spacial score (nSPS) is 11.1. The molecule has 0 aliphatic carbocycles. The summed E-state index contributed by atoms with van der Waals surface area (Å²) in [5.41, 5.74) is 4.68. The summed E-state index contributed by atoms with van der Waals surface area (Å²) < 4.78 is 5.34. The molecular weight excluding hydrogens is 266 g/mol. The molecule has 1 aromatic heterocycles. The highest BCUT2D eigenvalue weighted by Gasteiger charge is 2.19. The van der Waals surface area contributed by atoms with E-state index in [1.165, 1.54) is 11.9 Å². The van der Waals surface area contributed by atoms with Crippen LogP contribution in [0.25, 0.3) is 0 Å². The highest BCUT2D eigenvalue weighted by atomic mass is 16.5. The lowest BCUT2D eigenvalue weighted by atomic mass is 9.86. The number of para-hydroxylation sites is 1. The van der Waals surface area contributed by atoms with Crippen LogP contribution in [-0.4, -0.2) is 17.1 Å². The predicted molar refractivity (Wildman–Crippen MR) is 84.8 cm³/mol. The smallest absolute Gasteiger partial charge is 0.205 e. The van der Waals surface area contributed by atoms with E-state index in [2.05, 4.69) is 47.5 Å². The van der Waals surface area contributed by atoms with Crippen LogP contribution in [-0.2, 0) is 5.41 Å². The lowest BCUT2D eigenvalue weighted by Crippen LogP contribution is -2.15. The van der Waals surface area contributed by atoms with Crippen molar-refractivity contribution in [2.75, 3.05) is 17.9 Å². The van der Waals surface area contributed by atoms with E-state index in [1.807, 2.05) is 18.2 Å². The van der Waals surface area contributed by atoms with Gasteiger partial charge >= 0.3 is 0 Å². The molecule has 2 rings (SSSR count). The maximum atomic E-state index is 5.44. The Bertz CT molecular complexity index is 622. The van der Waals surface area contributed by atoms with E-state index in [0.29, 0.717) is 17.4 Å². The first-order chi connectivity index (χ1) is 9.97. The molecule has 6 heteroatoms. The van der Waals surface area contributed by atoms with Gasteiger partial charge < -0.3 is 15.5 Å². The van der Waals surface area contributed by atoms with Gasteiger partial charge in [-0.3, -0.25) is 0 Å². The molecule has 2 aromatic rings. The minimum atomic E-state index is 0.0127. The zero-order chi connectivity index (χ0) is 15.5. The number of aromatic nitrogens is 2. The predicted octanol–water partition coefficient (Wildman–Crippen LogP) is 2.81.